The van der Waals surface area contributed by atoms with Crippen LogP contribution < -0.4 is 0 Å². The van der Waals surface area contributed by atoms with Crippen LogP contribution in [0.5, 0.6) is 5.88 Å². The molecule has 0 amide bonds. The lowest BCUT2D eigenvalue weighted by atomic mass is 10.1. The summed E-state index contributed by atoms with van der Waals surface area (Å²) < 4.78 is 0. The fourth-order valence-electron chi connectivity index (χ4n) is 1.63. The molecule has 3 aromatic rings. The fraction of sp³-hybridized carbons (Fsp3) is 0. The predicted molar refractivity (Wildman–Crippen MR) is 53.1 cm³/mol. The van der Waals surface area contributed by atoms with Gasteiger partial charge in [0.25, 0.3) is 0 Å². The number of H-pyrrole nitrogens is 1. The van der Waals surface area contributed by atoms with Gasteiger partial charge in [-0.15, -0.1) is 0 Å². The molecule has 0 saturated heterocycles. The molecule has 0 aliphatic carbocycles. The molecule has 3 rings (SSSR count). The van der Waals surface area contributed by atoms with E-state index in [9.17, 15) is 5.11 Å². The highest BCUT2D eigenvalue weighted by Gasteiger charge is 2.07. The zero-order valence-electron chi connectivity index (χ0n) is 7.23. The molecule has 14 heavy (non-hydrogen) atoms. The van der Waals surface area contributed by atoms with Gasteiger partial charge in [0.1, 0.15) is 5.52 Å². The minimum atomic E-state index is 0.0959. The van der Waals surface area contributed by atoms with E-state index in [-0.39, 0.29) is 5.88 Å². The fourth-order valence-corrected chi connectivity index (χ4v) is 1.63. The van der Waals surface area contributed by atoms with Crippen molar-refractivity contribution in [2.75, 3.05) is 0 Å². The molecule has 0 bridgehead atoms. The Labute approximate surface area is 79.2 Å². The number of para-hydroxylation sites is 1. The van der Waals surface area contributed by atoms with Gasteiger partial charge in [0.05, 0.1) is 17.1 Å². The number of aromatic nitrogens is 3. The highest BCUT2D eigenvalue weighted by atomic mass is 16.3. The van der Waals surface area contributed by atoms with E-state index in [1.807, 2.05) is 24.3 Å². The van der Waals surface area contributed by atoms with Crippen molar-refractivity contribution in [2.24, 2.45) is 0 Å². The SMILES string of the molecule is Oc1[nH]nc2cnc3ccccc3c12. The van der Waals surface area contributed by atoms with Crippen molar-refractivity contribution in [1.29, 1.82) is 0 Å². The molecular formula is C10H7N3O. The Morgan fingerprint density at radius 1 is 1.14 bits per heavy atom. The van der Waals surface area contributed by atoms with E-state index in [1.54, 1.807) is 6.20 Å². The smallest absolute Gasteiger partial charge is 0.215 e. The highest BCUT2D eigenvalue weighted by Crippen LogP contribution is 2.28. The molecule has 0 atom stereocenters. The van der Waals surface area contributed by atoms with Crippen molar-refractivity contribution in [1.82, 2.24) is 15.2 Å². The Hall–Kier alpha value is -2.10. The van der Waals surface area contributed by atoms with Gasteiger partial charge in [-0.25, -0.2) is 5.10 Å². The van der Waals surface area contributed by atoms with E-state index < -0.39 is 0 Å². The molecule has 1 aromatic carbocycles. The highest BCUT2D eigenvalue weighted by molar-refractivity contribution is 6.06. The standard InChI is InChI=1S/C10H7N3O/c14-10-9-6-3-1-2-4-7(6)11-5-8(9)12-13-10/h1-5H,(H2,12,13,14). The van der Waals surface area contributed by atoms with Gasteiger partial charge >= 0.3 is 0 Å². The predicted octanol–water partition coefficient (Wildman–Crippen LogP) is 1.82. The first-order valence-corrected chi connectivity index (χ1v) is 4.27. The van der Waals surface area contributed by atoms with Gasteiger partial charge in [0.15, 0.2) is 0 Å². The molecule has 0 spiro atoms. The lowest BCUT2D eigenvalue weighted by molar-refractivity contribution is 0.457. The summed E-state index contributed by atoms with van der Waals surface area (Å²) in [5.41, 5.74) is 1.54. The summed E-state index contributed by atoms with van der Waals surface area (Å²) in [7, 11) is 0. The van der Waals surface area contributed by atoms with Crippen LogP contribution in [0, 0.1) is 0 Å². The molecule has 68 valence electrons. The van der Waals surface area contributed by atoms with Gasteiger partial charge in [-0.1, -0.05) is 18.2 Å². The van der Waals surface area contributed by atoms with E-state index >= 15 is 0 Å². The summed E-state index contributed by atoms with van der Waals surface area (Å²) in [6, 6.07) is 7.65. The third-order valence-electron chi connectivity index (χ3n) is 2.27. The first-order valence-electron chi connectivity index (χ1n) is 4.27. The van der Waals surface area contributed by atoms with Crippen LogP contribution in [0.4, 0.5) is 0 Å². The number of benzene rings is 1. The number of pyridine rings is 1. The van der Waals surface area contributed by atoms with Crippen molar-refractivity contribution < 1.29 is 5.11 Å². The van der Waals surface area contributed by atoms with Gasteiger partial charge in [-0.05, 0) is 6.07 Å². The van der Waals surface area contributed by atoms with Crippen LogP contribution in [0.1, 0.15) is 0 Å². The number of hydrogen-bond acceptors (Lipinski definition) is 3. The van der Waals surface area contributed by atoms with Crippen molar-refractivity contribution in [3.8, 4) is 5.88 Å². The molecule has 0 fully saturated rings. The Balaban J connectivity index is 2.65. The molecule has 2 heterocycles. The lowest BCUT2D eigenvalue weighted by Gasteiger charge is -1.96. The third-order valence-corrected chi connectivity index (χ3v) is 2.27. The monoisotopic (exact) mass is 185 g/mol. The normalized spacial score (nSPS) is 11.1. The van der Waals surface area contributed by atoms with Crippen LogP contribution in [-0.4, -0.2) is 20.3 Å². The number of rotatable bonds is 0. The minimum Gasteiger partial charge on any atom is -0.493 e. The van der Waals surface area contributed by atoms with E-state index in [0.29, 0.717) is 5.52 Å². The van der Waals surface area contributed by atoms with Crippen molar-refractivity contribution >= 4 is 21.8 Å². The molecule has 0 aliphatic rings. The molecule has 0 unspecified atom stereocenters. The van der Waals surface area contributed by atoms with Crippen LogP contribution in [0.3, 0.4) is 0 Å². The van der Waals surface area contributed by atoms with Crippen LogP contribution in [0.2, 0.25) is 0 Å². The average Bonchev–Trinajstić information content (AvgIpc) is 2.61. The maximum atomic E-state index is 9.56. The van der Waals surface area contributed by atoms with Crippen molar-refractivity contribution in [3.05, 3.63) is 30.5 Å². The van der Waals surface area contributed by atoms with Gasteiger partial charge in [0, 0.05) is 5.39 Å². The summed E-state index contributed by atoms with van der Waals surface area (Å²) in [5.74, 6) is 0.0959. The molecule has 0 aliphatic heterocycles. The number of aromatic amines is 1. The number of hydrogen-bond donors (Lipinski definition) is 2. The van der Waals surface area contributed by atoms with E-state index in [2.05, 4.69) is 15.2 Å². The summed E-state index contributed by atoms with van der Waals surface area (Å²) in [5, 5.41) is 17.7. The molecule has 0 saturated carbocycles. The second-order valence-corrected chi connectivity index (χ2v) is 3.11. The Bertz CT molecular complexity index is 615. The number of fused-ring (bicyclic) bond motifs is 3. The number of nitrogens with zero attached hydrogens (tertiary/aromatic N) is 2. The number of aromatic hydroxyl groups is 1. The molecule has 2 aromatic heterocycles. The molecular weight excluding hydrogens is 178 g/mol. The summed E-state index contributed by atoms with van der Waals surface area (Å²) in [6.45, 7) is 0. The Morgan fingerprint density at radius 3 is 2.93 bits per heavy atom. The van der Waals surface area contributed by atoms with Gasteiger partial charge < -0.3 is 5.11 Å². The quantitative estimate of drug-likeness (QED) is 0.561. The Kier molecular flexibility index (Phi) is 1.28. The van der Waals surface area contributed by atoms with Crippen LogP contribution in [0.15, 0.2) is 30.5 Å². The van der Waals surface area contributed by atoms with Gasteiger partial charge in [0.2, 0.25) is 5.88 Å². The molecule has 4 nitrogen and oxygen atoms in total. The van der Waals surface area contributed by atoms with Crippen molar-refractivity contribution in [2.45, 2.75) is 0 Å². The van der Waals surface area contributed by atoms with Crippen LogP contribution >= 0.6 is 0 Å². The lowest BCUT2D eigenvalue weighted by Crippen LogP contribution is -1.78. The molecule has 2 N–H and O–H groups in total. The first kappa shape index (κ1) is 7.32. The maximum Gasteiger partial charge on any atom is 0.215 e. The summed E-state index contributed by atoms with van der Waals surface area (Å²) in [4.78, 5) is 4.23. The van der Waals surface area contributed by atoms with E-state index in [1.165, 1.54) is 0 Å². The third kappa shape index (κ3) is 0.821. The second-order valence-electron chi connectivity index (χ2n) is 3.11. The number of nitrogens with one attached hydrogen (secondary N) is 1. The van der Waals surface area contributed by atoms with Crippen LogP contribution in [0.25, 0.3) is 21.8 Å². The Morgan fingerprint density at radius 2 is 2.00 bits per heavy atom. The van der Waals surface area contributed by atoms with E-state index in [4.69, 9.17) is 0 Å². The zero-order valence-corrected chi connectivity index (χ0v) is 7.23. The maximum absolute atomic E-state index is 9.56. The molecule has 4 heteroatoms. The minimum absolute atomic E-state index is 0.0959. The first-order chi connectivity index (χ1) is 6.86. The summed E-state index contributed by atoms with van der Waals surface area (Å²) >= 11 is 0. The summed E-state index contributed by atoms with van der Waals surface area (Å²) in [6.07, 6.45) is 1.65. The van der Waals surface area contributed by atoms with Gasteiger partial charge in [-0.3, -0.25) is 4.98 Å². The van der Waals surface area contributed by atoms with E-state index in [0.717, 1.165) is 16.3 Å². The van der Waals surface area contributed by atoms with Crippen molar-refractivity contribution in [3.63, 3.8) is 0 Å². The van der Waals surface area contributed by atoms with Gasteiger partial charge in [-0.2, -0.15) is 5.10 Å². The molecule has 0 radical (unpaired) electrons. The zero-order chi connectivity index (χ0) is 9.54. The van der Waals surface area contributed by atoms with Crippen LogP contribution in [-0.2, 0) is 0 Å². The largest absolute Gasteiger partial charge is 0.493 e. The average molecular weight is 185 g/mol. The second kappa shape index (κ2) is 2.45. The topological polar surface area (TPSA) is 61.8 Å².